The molecule has 0 aliphatic rings. The van der Waals surface area contributed by atoms with Crippen LogP contribution in [-0.4, -0.2) is 10.8 Å². The van der Waals surface area contributed by atoms with Gasteiger partial charge in [0.15, 0.2) is 0 Å². The molecule has 124 valence electrons. The van der Waals surface area contributed by atoms with Crippen LogP contribution in [0.4, 0.5) is 5.69 Å². The molecule has 0 fully saturated rings. The summed E-state index contributed by atoms with van der Waals surface area (Å²) in [5, 5.41) is 25.6. The normalized spacial score (nSPS) is 10.8. The van der Waals surface area contributed by atoms with Crippen LogP contribution in [0.1, 0.15) is 11.1 Å². The Morgan fingerprint density at radius 1 is 1.17 bits per heavy atom. The lowest BCUT2D eigenvalue weighted by molar-refractivity contribution is -0.385. The van der Waals surface area contributed by atoms with Crippen LogP contribution in [-0.2, 0) is 11.3 Å². The van der Waals surface area contributed by atoms with Crippen LogP contribution < -0.4 is 10.4 Å². The highest BCUT2D eigenvalue weighted by molar-refractivity contribution is 6.42. The second-order valence-electron chi connectivity index (χ2n) is 4.77. The molecule has 0 heterocycles. The number of carbonyl (C=O) groups is 1. The lowest BCUT2D eigenvalue weighted by Gasteiger charge is -2.12. The quantitative estimate of drug-likeness (QED) is 0.499. The molecule has 0 radical (unpaired) electrons. The van der Waals surface area contributed by atoms with E-state index in [9.17, 15) is 20.0 Å². The zero-order valence-electron chi connectivity index (χ0n) is 12.2. The zero-order chi connectivity index (χ0) is 17.7. The van der Waals surface area contributed by atoms with Crippen LogP contribution in [0.2, 0.25) is 10.0 Å². The van der Waals surface area contributed by atoms with Crippen molar-refractivity contribution in [1.82, 2.24) is 5.32 Å². The monoisotopic (exact) mass is 365 g/mol. The van der Waals surface area contributed by atoms with Crippen LogP contribution in [0, 0.1) is 10.1 Å². The number of carbonyl (C=O) groups excluding carboxylic acids is 1. The van der Waals surface area contributed by atoms with E-state index in [4.69, 9.17) is 23.2 Å². The second kappa shape index (κ2) is 7.81. The molecule has 24 heavy (non-hydrogen) atoms. The summed E-state index contributed by atoms with van der Waals surface area (Å²) in [6, 6.07) is 8.26. The Kier molecular flexibility index (Phi) is 5.78. The van der Waals surface area contributed by atoms with E-state index in [1.165, 1.54) is 12.2 Å². The zero-order valence-corrected chi connectivity index (χ0v) is 13.7. The van der Waals surface area contributed by atoms with E-state index in [2.05, 4.69) is 5.32 Å². The van der Waals surface area contributed by atoms with Crippen LogP contribution in [0.25, 0.3) is 6.08 Å². The number of rotatable bonds is 5. The topological polar surface area (TPSA) is 95.3 Å². The molecule has 2 rings (SSSR count). The van der Waals surface area contributed by atoms with Crippen LogP contribution >= 0.6 is 23.2 Å². The number of nitro groups is 1. The summed E-state index contributed by atoms with van der Waals surface area (Å²) in [4.78, 5) is 21.9. The van der Waals surface area contributed by atoms with Gasteiger partial charge >= 0.3 is 0 Å². The van der Waals surface area contributed by atoms with Gasteiger partial charge in [-0.3, -0.25) is 14.9 Å². The number of nitro benzene ring substituents is 1. The average Bonchev–Trinajstić information content (AvgIpc) is 2.55. The lowest BCUT2D eigenvalue weighted by Crippen LogP contribution is -2.21. The first-order valence-electron chi connectivity index (χ1n) is 6.72. The minimum absolute atomic E-state index is 0.106. The highest BCUT2D eigenvalue weighted by Gasteiger charge is 2.07. The van der Waals surface area contributed by atoms with E-state index in [1.807, 2.05) is 0 Å². The molecule has 0 unspecified atom stereocenters. The van der Waals surface area contributed by atoms with Crippen molar-refractivity contribution in [3.8, 4) is 5.75 Å². The molecule has 0 bridgehead atoms. The predicted octanol–water partition coefficient (Wildman–Crippen LogP) is 3.30. The molecular formula is C16H11Cl2N2O4-. The van der Waals surface area contributed by atoms with E-state index in [0.29, 0.717) is 15.6 Å². The Morgan fingerprint density at radius 2 is 1.92 bits per heavy atom. The summed E-state index contributed by atoms with van der Waals surface area (Å²) in [5.41, 5.74) is 0.616. The number of non-ortho nitro benzene ring substituents is 1. The number of nitrogens with zero attached hydrogens (tertiary/aromatic N) is 1. The Hall–Kier alpha value is -2.57. The summed E-state index contributed by atoms with van der Waals surface area (Å²) in [5.74, 6) is -0.832. The molecule has 0 aromatic heterocycles. The van der Waals surface area contributed by atoms with E-state index >= 15 is 0 Å². The van der Waals surface area contributed by atoms with Crippen LogP contribution in [0.5, 0.6) is 5.75 Å². The number of benzene rings is 2. The van der Waals surface area contributed by atoms with E-state index in [1.54, 1.807) is 18.2 Å². The van der Waals surface area contributed by atoms with Gasteiger partial charge in [0, 0.05) is 24.8 Å². The first-order chi connectivity index (χ1) is 11.4. The molecule has 6 nitrogen and oxygen atoms in total. The van der Waals surface area contributed by atoms with Crippen LogP contribution in [0.3, 0.4) is 0 Å². The maximum absolute atomic E-state index is 11.8. The second-order valence-corrected chi connectivity index (χ2v) is 5.59. The third kappa shape index (κ3) is 4.71. The Morgan fingerprint density at radius 3 is 2.58 bits per heavy atom. The number of hydrogen-bond acceptors (Lipinski definition) is 4. The standard InChI is InChI=1S/C16H12Cl2N2O4/c17-13-4-1-10(7-14(13)18)2-6-16(22)19-9-11-8-12(20(23)24)3-5-15(11)21/h1-8,21H,9H2,(H,19,22)/p-1/b6-2+. The van der Waals surface area contributed by atoms with Crippen molar-refractivity contribution >= 4 is 40.9 Å². The minimum Gasteiger partial charge on any atom is -0.872 e. The molecule has 2 aromatic carbocycles. The fourth-order valence-electron chi connectivity index (χ4n) is 1.85. The van der Waals surface area contributed by atoms with Crippen molar-refractivity contribution in [3.63, 3.8) is 0 Å². The largest absolute Gasteiger partial charge is 0.872 e. The summed E-state index contributed by atoms with van der Waals surface area (Å²) < 4.78 is 0. The first kappa shape index (κ1) is 17.8. The summed E-state index contributed by atoms with van der Waals surface area (Å²) in [6.45, 7) is -0.106. The van der Waals surface area contributed by atoms with Crippen molar-refractivity contribution < 1.29 is 14.8 Å². The fourth-order valence-corrected chi connectivity index (χ4v) is 2.15. The Labute approximate surface area is 147 Å². The molecule has 0 saturated heterocycles. The van der Waals surface area contributed by atoms with E-state index in [-0.39, 0.29) is 23.5 Å². The molecule has 1 amide bonds. The Bertz CT molecular complexity index is 822. The van der Waals surface area contributed by atoms with Gasteiger partial charge in [-0.05, 0) is 29.3 Å². The number of hydrogen-bond donors (Lipinski definition) is 1. The van der Waals surface area contributed by atoms with Gasteiger partial charge in [0.25, 0.3) is 5.69 Å². The summed E-state index contributed by atoms with van der Waals surface area (Å²) in [7, 11) is 0. The maximum Gasteiger partial charge on any atom is 0.269 e. The third-order valence-electron chi connectivity index (χ3n) is 3.08. The van der Waals surface area contributed by atoms with Crippen molar-refractivity contribution in [2.24, 2.45) is 0 Å². The van der Waals surface area contributed by atoms with Gasteiger partial charge in [-0.15, -0.1) is 5.75 Å². The highest BCUT2D eigenvalue weighted by atomic mass is 35.5. The molecule has 0 aliphatic heterocycles. The highest BCUT2D eigenvalue weighted by Crippen LogP contribution is 2.23. The predicted molar refractivity (Wildman–Crippen MR) is 89.9 cm³/mol. The Balaban J connectivity index is 2.00. The fraction of sp³-hybridized carbons (Fsp3) is 0.0625. The third-order valence-corrected chi connectivity index (χ3v) is 3.82. The molecule has 0 saturated carbocycles. The van der Waals surface area contributed by atoms with E-state index in [0.717, 1.165) is 18.2 Å². The SMILES string of the molecule is O=C(/C=C/c1ccc(Cl)c(Cl)c1)NCc1cc([N+](=O)[O-])ccc1[O-]. The van der Waals surface area contributed by atoms with Gasteiger partial charge in [0.1, 0.15) is 0 Å². The van der Waals surface area contributed by atoms with Gasteiger partial charge in [-0.1, -0.05) is 35.3 Å². The molecule has 0 spiro atoms. The van der Waals surface area contributed by atoms with E-state index < -0.39 is 10.8 Å². The molecule has 2 aromatic rings. The molecule has 0 atom stereocenters. The summed E-state index contributed by atoms with van der Waals surface area (Å²) in [6.07, 6.45) is 2.80. The number of nitrogens with one attached hydrogen (secondary N) is 1. The lowest BCUT2D eigenvalue weighted by atomic mass is 10.1. The van der Waals surface area contributed by atoms with Gasteiger partial charge < -0.3 is 10.4 Å². The maximum atomic E-state index is 11.8. The van der Waals surface area contributed by atoms with Gasteiger partial charge in [-0.2, -0.15) is 0 Å². The smallest absolute Gasteiger partial charge is 0.269 e. The van der Waals surface area contributed by atoms with Crippen molar-refractivity contribution in [3.05, 3.63) is 73.8 Å². The van der Waals surface area contributed by atoms with Gasteiger partial charge in [-0.25, -0.2) is 0 Å². The van der Waals surface area contributed by atoms with Crippen molar-refractivity contribution in [1.29, 1.82) is 0 Å². The van der Waals surface area contributed by atoms with Gasteiger partial charge in [0.05, 0.1) is 15.0 Å². The van der Waals surface area contributed by atoms with Gasteiger partial charge in [0.2, 0.25) is 5.91 Å². The van der Waals surface area contributed by atoms with Crippen molar-refractivity contribution in [2.75, 3.05) is 0 Å². The average molecular weight is 366 g/mol. The molecular weight excluding hydrogens is 355 g/mol. The summed E-state index contributed by atoms with van der Waals surface area (Å²) >= 11 is 11.7. The van der Waals surface area contributed by atoms with Crippen molar-refractivity contribution in [2.45, 2.75) is 6.54 Å². The minimum atomic E-state index is -0.602. The first-order valence-corrected chi connectivity index (χ1v) is 7.47. The molecule has 0 aliphatic carbocycles. The molecule has 1 N–H and O–H groups in total. The molecule has 8 heteroatoms. The number of halogens is 2. The number of amides is 1. The van der Waals surface area contributed by atoms with Crippen LogP contribution in [0.15, 0.2) is 42.5 Å².